The van der Waals surface area contributed by atoms with Gasteiger partial charge in [-0.15, -0.1) is 0 Å². The third-order valence-corrected chi connectivity index (χ3v) is 4.61. The minimum atomic E-state index is -0.540. The number of amides is 2. The van der Waals surface area contributed by atoms with Crippen LogP contribution in [0.2, 0.25) is 0 Å². The first-order chi connectivity index (χ1) is 12.9. The quantitative estimate of drug-likeness (QED) is 0.771. The lowest BCUT2D eigenvalue weighted by atomic mass is 10.0. The van der Waals surface area contributed by atoms with Crippen LogP contribution >= 0.6 is 0 Å². The van der Waals surface area contributed by atoms with Crippen LogP contribution in [-0.4, -0.2) is 28.8 Å². The molecule has 1 atom stereocenters. The molecule has 0 aliphatic heterocycles. The van der Waals surface area contributed by atoms with Crippen molar-refractivity contribution in [2.75, 3.05) is 0 Å². The molecule has 0 bridgehead atoms. The number of nitrogens with zero attached hydrogens (tertiary/aromatic N) is 1. The fraction of sp³-hybridized carbons (Fsp3) is 0.391. The Kier molecular flexibility index (Phi) is 7.59. The first-order valence-corrected chi connectivity index (χ1v) is 9.60. The van der Waals surface area contributed by atoms with Crippen LogP contribution in [0.1, 0.15) is 43.9 Å². The molecule has 0 saturated heterocycles. The molecule has 1 unspecified atom stereocenters. The largest absolute Gasteiger partial charge is 0.352 e. The van der Waals surface area contributed by atoms with Gasteiger partial charge < -0.3 is 10.2 Å². The van der Waals surface area contributed by atoms with Crippen molar-refractivity contribution >= 4 is 11.8 Å². The Morgan fingerprint density at radius 1 is 1.00 bits per heavy atom. The zero-order valence-electron chi connectivity index (χ0n) is 16.7. The van der Waals surface area contributed by atoms with Crippen LogP contribution in [0.5, 0.6) is 0 Å². The van der Waals surface area contributed by atoms with E-state index in [-0.39, 0.29) is 17.9 Å². The van der Waals surface area contributed by atoms with Gasteiger partial charge in [-0.1, -0.05) is 61.5 Å². The summed E-state index contributed by atoms with van der Waals surface area (Å²) in [5.41, 5.74) is 3.23. The Balaban J connectivity index is 2.37. The van der Waals surface area contributed by atoms with Crippen molar-refractivity contribution in [1.82, 2.24) is 10.2 Å². The molecule has 2 aromatic rings. The van der Waals surface area contributed by atoms with E-state index in [1.807, 2.05) is 82.3 Å². The summed E-state index contributed by atoms with van der Waals surface area (Å²) in [6, 6.07) is 17.4. The molecule has 0 saturated carbocycles. The van der Waals surface area contributed by atoms with Crippen LogP contribution in [0.15, 0.2) is 54.6 Å². The molecule has 0 aliphatic carbocycles. The molecule has 4 heteroatoms. The van der Waals surface area contributed by atoms with Gasteiger partial charge in [0, 0.05) is 25.4 Å². The molecular formula is C23H30N2O2. The van der Waals surface area contributed by atoms with Crippen LogP contribution < -0.4 is 5.32 Å². The van der Waals surface area contributed by atoms with E-state index in [0.717, 1.165) is 16.7 Å². The Bertz CT molecular complexity index is 756. The lowest BCUT2D eigenvalue weighted by Gasteiger charge is -2.32. The van der Waals surface area contributed by atoms with Gasteiger partial charge in [0.05, 0.1) is 0 Å². The third-order valence-electron chi connectivity index (χ3n) is 4.61. The molecule has 4 nitrogen and oxygen atoms in total. The second-order valence-electron chi connectivity index (χ2n) is 7.17. The molecule has 2 rings (SSSR count). The number of nitrogens with one attached hydrogen (secondary N) is 1. The standard InChI is InChI=1S/C23H30N2O2/c1-5-22(26)25(16-20-14-10-9-11-18(20)4)21(23(27)24-17(2)3)15-19-12-7-6-8-13-19/h6-14,17,21H,5,15-16H2,1-4H3,(H,24,27). The second kappa shape index (κ2) is 9.91. The highest BCUT2D eigenvalue weighted by Gasteiger charge is 2.30. The van der Waals surface area contributed by atoms with Crippen LogP contribution in [-0.2, 0) is 22.6 Å². The summed E-state index contributed by atoms with van der Waals surface area (Å²) in [5.74, 6) is -0.123. The van der Waals surface area contributed by atoms with Gasteiger partial charge >= 0.3 is 0 Å². The van der Waals surface area contributed by atoms with E-state index >= 15 is 0 Å². The number of rotatable bonds is 8. The fourth-order valence-corrected chi connectivity index (χ4v) is 3.11. The van der Waals surface area contributed by atoms with Crippen molar-refractivity contribution in [2.24, 2.45) is 0 Å². The van der Waals surface area contributed by atoms with Crippen LogP contribution in [0.4, 0.5) is 0 Å². The minimum absolute atomic E-state index is 0.0157. The Hall–Kier alpha value is -2.62. The molecule has 2 amide bonds. The lowest BCUT2D eigenvalue weighted by Crippen LogP contribution is -2.51. The van der Waals surface area contributed by atoms with E-state index in [1.54, 1.807) is 4.90 Å². The summed E-state index contributed by atoms with van der Waals surface area (Å²) < 4.78 is 0. The zero-order valence-corrected chi connectivity index (χ0v) is 16.7. The second-order valence-corrected chi connectivity index (χ2v) is 7.17. The first kappa shape index (κ1) is 20.7. The third kappa shape index (κ3) is 5.95. The molecule has 144 valence electrons. The van der Waals surface area contributed by atoms with E-state index in [4.69, 9.17) is 0 Å². The highest BCUT2D eigenvalue weighted by molar-refractivity contribution is 5.88. The smallest absolute Gasteiger partial charge is 0.243 e. The summed E-state index contributed by atoms with van der Waals surface area (Å²) >= 11 is 0. The summed E-state index contributed by atoms with van der Waals surface area (Å²) in [5, 5.41) is 2.99. The lowest BCUT2D eigenvalue weighted by molar-refractivity contribution is -0.141. The van der Waals surface area contributed by atoms with Gasteiger partial charge in [-0.25, -0.2) is 0 Å². The molecule has 27 heavy (non-hydrogen) atoms. The number of hydrogen-bond donors (Lipinski definition) is 1. The summed E-state index contributed by atoms with van der Waals surface area (Å²) in [6.07, 6.45) is 0.864. The molecule has 1 N–H and O–H groups in total. The molecule has 0 spiro atoms. The molecule has 0 radical (unpaired) electrons. The zero-order chi connectivity index (χ0) is 19.8. The van der Waals surface area contributed by atoms with Crippen molar-refractivity contribution in [2.45, 2.75) is 59.2 Å². The normalized spacial score (nSPS) is 11.9. The Labute approximate surface area is 162 Å². The summed E-state index contributed by atoms with van der Waals surface area (Å²) in [7, 11) is 0. The monoisotopic (exact) mass is 366 g/mol. The van der Waals surface area contributed by atoms with Crippen LogP contribution in [0.25, 0.3) is 0 Å². The van der Waals surface area contributed by atoms with Gasteiger partial charge in [-0.05, 0) is 37.5 Å². The predicted molar refractivity (Wildman–Crippen MR) is 109 cm³/mol. The van der Waals surface area contributed by atoms with Crippen molar-refractivity contribution in [3.05, 3.63) is 71.3 Å². The van der Waals surface area contributed by atoms with Gasteiger partial charge in [0.1, 0.15) is 6.04 Å². The molecule has 0 aliphatic rings. The molecule has 2 aromatic carbocycles. The maximum atomic E-state index is 13.0. The van der Waals surface area contributed by atoms with Crippen LogP contribution in [0, 0.1) is 6.92 Å². The van der Waals surface area contributed by atoms with Crippen molar-refractivity contribution < 1.29 is 9.59 Å². The predicted octanol–water partition coefficient (Wildman–Crippen LogP) is 3.87. The number of carbonyl (C=O) groups excluding carboxylic acids is 2. The minimum Gasteiger partial charge on any atom is -0.352 e. The number of carbonyl (C=O) groups is 2. The van der Waals surface area contributed by atoms with Crippen LogP contribution in [0.3, 0.4) is 0 Å². The topological polar surface area (TPSA) is 49.4 Å². The molecule has 0 fully saturated rings. The SMILES string of the molecule is CCC(=O)N(Cc1ccccc1C)C(Cc1ccccc1)C(=O)NC(C)C. The highest BCUT2D eigenvalue weighted by Crippen LogP contribution is 2.17. The molecule has 0 heterocycles. The molecule has 0 aromatic heterocycles. The maximum Gasteiger partial charge on any atom is 0.243 e. The average Bonchev–Trinajstić information content (AvgIpc) is 2.65. The van der Waals surface area contributed by atoms with E-state index in [2.05, 4.69) is 5.32 Å². The summed E-state index contributed by atoms with van der Waals surface area (Å²) in [4.78, 5) is 27.5. The van der Waals surface area contributed by atoms with Gasteiger partial charge in [0.25, 0.3) is 0 Å². The Morgan fingerprint density at radius 3 is 2.22 bits per heavy atom. The highest BCUT2D eigenvalue weighted by atomic mass is 16.2. The maximum absolute atomic E-state index is 13.0. The van der Waals surface area contributed by atoms with E-state index in [9.17, 15) is 9.59 Å². The van der Waals surface area contributed by atoms with Gasteiger partial charge in [0.15, 0.2) is 0 Å². The van der Waals surface area contributed by atoms with Crippen molar-refractivity contribution in [3.63, 3.8) is 0 Å². The average molecular weight is 367 g/mol. The number of aryl methyl sites for hydroxylation is 1. The first-order valence-electron chi connectivity index (χ1n) is 9.60. The molecular weight excluding hydrogens is 336 g/mol. The number of hydrogen-bond acceptors (Lipinski definition) is 2. The van der Waals surface area contributed by atoms with E-state index in [1.165, 1.54) is 0 Å². The van der Waals surface area contributed by atoms with Crippen molar-refractivity contribution in [1.29, 1.82) is 0 Å². The summed E-state index contributed by atoms with van der Waals surface area (Å²) in [6.45, 7) is 8.18. The van der Waals surface area contributed by atoms with Gasteiger partial charge in [-0.2, -0.15) is 0 Å². The van der Waals surface area contributed by atoms with Crippen molar-refractivity contribution in [3.8, 4) is 0 Å². The van der Waals surface area contributed by atoms with E-state index in [0.29, 0.717) is 19.4 Å². The van der Waals surface area contributed by atoms with Gasteiger partial charge in [0.2, 0.25) is 11.8 Å². The fourth-order valence-electron chi connectivity index (χ4n) is 3.11. The van der Waals surface area contributed by atoms with Gasteiger partial charge in [-0.3, -0.25) is 9.59 Å². The number of benzene rings is 2. The Morgan fingerprint density at radius 2 is 1.63 bits per heavy atom. The van der Waals surface area contributed by atoms with E-state index < -0.39 is 6.04 Å².